The van der Waals surface area contributed by atoms with Crippen LogP contribution in [0.3, 0.4) is 0 Å². The number of rotatable bonds is 7. The minimum Gasteiger partial charge on any atom is -0.327 e. The number of amides is 2. The van der Waals surface area contributed by atoms with E-state index in [0.717, 1.165) is 22.3 Å². The average Bonchev–Trinajstić information content (AvgIpc) is 2.60. The summed E-state index contributed by atoms with van der Waals surface area (Å²) >= 11 is 0. The topological polar surface area (TPSA) is 58.2 Å². The zero-order chi connectivity index (χ0) is 19.1. The molecule has 0 atom stereocenters. The summed E-state index contributed by atoms with van der Waals surface area (Å²) in [5, 5.41) is 5.37. The quantitative estimate of drug-likeness (QED) is 0.591. The Hall–Kier alpha value is -3.14. The van der Waals surface area contributed by atoms with Crippen molar-refractivity contribution >= 4 is 25.0 Å². The van der Waals surface area contributed by atoms with Crippen molar-refractivity contribution in [1.82, 2.24) is 10.6 Å². The van der Waals surface area contributed by atoms with Gasteiger partial charge in [0.2, 0.25) is 12.8 Å². The van der Waals surface area contributed by atoms with Gasteiger partial charge in [0.1, 0.15) is 0 Å². The van der Waals surface area contributed by atoms with Crippen molar-refractivity contribution in [3.63, 3.8) is 0 Å². The Morgan fingerprint density at radius 2 is 1.04 bits per heavy atom. The van der Waals surface area contributed by atoms with Gasteiger partial charge in [0.05, 0.1) is 11.4 Å². The first-order chi connectivity index (χ1) is 12.4. The van der Waals surface area contributed by atoms with E-state index in [9.17, 15) is 9.59 Å². The summed E-state index contributed by atoms with van der Waals surface area (Å²) in [6, 6.07) is 12.1. The number of nitrogens with one attached hydrogen (secondary N) is 2. The first-order valence-electron chi connectivity index (χ1n) is 8.43. The van der Waals surface area contributed by atoms with Gasteiger partial charge in [-0.05, 0) is 73.2 Å². The first kappa shape index (κ1) is 19.2. The first-order valence-corrected chi connectivity index (χ1v) is 8.43. The maximum absolute atomic E-state index is 11.1. The SMILES string of the molecule is Cc1ccc(C=C(NC=O)/C(=C\c2ccc(C)c(C)c2)NC=O)cc1C. The van der Waals surface area contributed by atoms with E-state index in [-0.39, 0.29) is 0 Å². The fourth-order valence-corrected chi connectivity index (χ4v) is 2.56. The molecule has 0 fully saturated rings. The Balaban J connectivity index is 2.50. The number of hydrogen-bond donors (Lipinski definition) is 2. The molecule has 4 heteroatoms. The predicted octanol–water partition coefficient (Wildman–Crippen LogP) is 3.79. The third-order valence-electron chi connectivity index (χ3n) is 4.40. The lowest BCUT2D eigenvalue weighted by Crippen LogP contribution is -2.21. The van der Waals surface area contributed by atoms with Crippen molar-refractivity contribution in [3.8, 4) is 0 Å². The van der Waals surface area contributed by atoms with Crippen LogP contribution in [0.25, 0.3) is 12.2 Å². The second-order valence-electron chi connectivity index (χ2n) is 6.33. The van der Waals surface area contributed by atoms with Gasteiger partial charge >= 0.3 is 0 Å². The zero-order valence-corrected chi connectivity index (χ0v) is 15.6. The molecule has 2 N–H and O–H groups in total. The van der Waals surface area contributed by atoms with Crippen LogP contribution in [-0.4, -0.2) is 12.8 Å². The molecule has 134 valence electrons. The highest BCUT2D eigenvalue weighted by Crippen LogP contribution is 2.18. The number of aryl methyl sites for hydroxylation is 4. The molecule has 0 aliphatic heterocycles. The number of benzene rings is 2. The van der Waals surface area contributed by atoms with Crippen LogP contribution >= 0.6 is 0 Å². The van der Waals surface area contributed by atoms with Crippen LogP contribution < -0.4 is 10.6 Å². The van der Waals surface area contributed by atoms with Crippen molar-refractivity contribution in [2.75, 3.05) is 0 Å². The number of carbonyl (C=O) groups is 2. The summed E-state index contributed by atoms with van der Waals surface area (Å²) in [5.41, 5.74) is 7.64. The minimum atomic E-state index is 0.522. The van der Waals surface area contributed by atoms with Crippen LogP contribution in [0.1, 0.15) is 33.4 Å². The van der Waals surface area contributed by atoms with Gasteiger partial charge in [0.15, 0.2) is 0 Å². The van der Waals surface area contributed by atoms with E-state index in [2.05, 4.69) is 10.6 Å². The maximum Gasteiger partial charge on any atom is 0.211 e. The van der Waals surface area contributed by atoms with Crippen LogP contribution in [-0.2, 0) is 9.59 Å². The number of carbonyl (C=O) groups excluding carboxylic acids is 2. The third kappa shape index (κ3) is 4.93. The van der Waals surface area contributed by atoms with E-state index in [1.54, 1.807) is 0 Å². The molecular weight excluding hydrogens is 324 g/mol. The molecule has 26 heavy (non-hydrogen) atoms. The third-order valence-corrected chi connectivity index (χ3v) is 4.40. The van der Waals surface area contributed by atoms with Crippen LogP contribution in [0.2, 0.25) is 0 Å². The normalized spacial score (nSPS) is 11.8. The fraction of sp³-hybridized carbons (Fsp3) is 0.182. The minimum absolute atomic E-state index is 0.522. The van der Waals surface area contributed by atoms with Gasteiger partial charge in [-0.3, -0.25) is 9.59 Å². The van der Waals surface area contributed by atoms with Crippen molar-refractivity contribution in [3.05, 3.63) is 81.2 Å². The van der Waals surface area contributed by atoms with E-state index in [0.29, 0.717) is 24.2 Å². The molecule has 4 nitrogen and oxygen atoms in total. The molecular formula is C22H24N2O2. The largest absolute Gasteiger partial charge is 0.327 e. The molecule has 0 unspecified atom stereocenters. The monoisotopic (exact) mass is 348 g/mol. The molecule has 0 bridgehead atoms. The van der Waals surface area contributed by atoms with Gasteiger partial charge in [-0.1, -0.05) is 36.4 Å². The van der Waals surface area contributed by atoms with E-state index in [4.69, 9.17) is 0 Å². The van der Waals surface area contributed by atoms with Crippen LogP contribution in [0, 0.1) is 27.7 Å². The molecule has 0 radical (unpaired) electrons. The summed E-state index contributed by atoms with van der Waals surface area (Å²) in [7, 11) is 0. The molecule has 0 saturated carbocycles. The summed E-state index contributed by atoms with van der Waals surface area (Å²) < 4.78 is 0. The molecule has 0 heterocycles. The molecule has 2 rings (SSSR count). The molecule has 2 amide bonds. The predicted molar refractivity (Wildman–Crippen MR) is 106 cm³/mol. The van der Waals surface area contributed by atoms with Crippen molar-refractivity contribution in [2.45, 2.75) is 27.7 Å². The van der Waals surface area contributed by atoms with Gasteiger partial charge in [-0.25, -0.2) is 0 Å². The van der Waals surface area contributed by atoms with E-state index >= 15 is 0 Å². The molecule has 2 aromatic carbocycles. The smallest absolute Gasteiger partial charge is 0.211 e. The lowest BCUT2D eigenvalue weighted by molar-refractivity contribution is -0.110. The Labute approximate surface area is 154 Å². The Kier molecular flexibility index (Phi) is 6.50. The van der Waals surface area contributed by atoms with Crippen LogP contribution in [0.4, 0.5) is 0 Å². The second kappa shape index (κ2) is 8.81. The zero-order valence-electron chi connectivity index (χ0n) is 15.6. The summed E-state index contributed by atoms with van der Waals surface area (Å²) in [6.45, 7) is 8.17. The highest BCUT2D eigenvalue weighted by atomic mass is 16.1. The molecule has 0 aliphatic rings. The Morgan fingerprint density at radius 3 is 1.35 bits per heavy atom. The lowest BCUT2D eigenvalue weighted by Gasteiger charge is -2.12. The molecule has 2 aromatic rings. The lowest BCUT2D eigenvalue weighted by atomic mass is 10.0. The second-order valence-corrected chi connectivity index (χ2v) is 6.33. The molecule has 0 saturated heterocycles. The maximum atomic E-state index is 11.1. The highest BCUT2D eigenvalue weighted by Gasteiger charge is 2.06. The van der Waals surface area contributed by atoms with Gasteiger partial charge in [0, 0.05) is 0 Å². The van der Waals surface area contributed by atoms with Gasteiger partial charge in [0.25, 0.3) is 0 Å². The van der Waals surface area contributed by atoms with Gasteiger partial charge in [-0.15, -0.1) is 0 Å². The van der Waals surface area contributed by atoms with Crippen LogP contribution in [0.15, 0.2) is 47.8 Å². The summed E-state index contributed by atoms with van der Waals surface area (Å²) in [6.07, 6.45) is 4.88. The van der Waals surface area contributed by atoms with Gasteiger partial charge in [-0.2, -0.15) is 0 Å². The van der Waals surface area contributed by atoms with E-state index in [1.807, 2.05) is 76.2 Å². The molecule has 0 aliphatic carbocycles. The van der Waals surface area contributed by atoms with Crippen LogP contribution in [0.5, 0.6) is 0 Å². The number of hydrogen-bond acceptors (Lipinski definition) is 2. The van der Waals surface area contributed by atoms with E-state index in [1.165, 1.54) is 11.1 Å². The van der Waals surface area contributed by atoms with Crippen molar-refractivity contribution in [2.24, 2.45) is 0 Å². The molecule has 0 aromatic heterocycles. The standard InChI is InChI=1S/C22H24N2O2/c1-15-5-7-19(9-17(15)3)11-21(23-13-25)22(24-14-26)12-20-8-6-16(2)18(4)10-20/h5-14H,1-4H3,(H,23,25)(H,24,26)/b21-11+,22-12?. The van der Waals surface area contributed by atoms with E-state index < -0.39 is 0 Å². The fourth-order valence-electron chi connectivity index (χ4n) is 2.56. The highest BCUT2D eigenvalue weighted by molar-refractivity contribution is 5.72. The Bertz CT molecular complexity index is 806. The molecule has 0 spiro atoms. The summed E-state index contributed by atoms with van der Waals surface area (Å²) in [5.74, 6) is 0. The average molecular weight is 348 g/mol. The van der Waals surface area contributed by atoms with Gasteiger partial charge < -0.3 is 10.6 Å². The van der Waals surface area contributed by atoms with Crippen molar-refractivity contribution < 1.29 is 9.59 Å². The van der Waals surface area contributed by atoms with Crippen molar-refractivity contribution in [1.29, 1.82) is 0 Å². The summed E-state index contributed by atoms with van der Waals surface area (Å²) in [4.78, 5) is 22.2. The Morgan fingerprint density at radius 1 is 0.654 bits per heavy atom.